The van der Waals surface area contributed by atoms with Gasteiger partial charge in [-0.05, 0) is 44.2 Å². The zero-order valence-electron chi connectivity index (χ0n) is 11.7. The maximum Gasteiger partial charge on any atom is 0.134 e. The first-order chi connectivity index (χ1) is 9.76. The van der Waals surface area contributed by atoms with Crippen LogP contribution in [0.5, 0.6) is 0 Å². The molecule has 0 saturated heterocycles. The second kappa shape index (κ2) is 6.42. The lowest BCUT2D eigenvalue weighted by Gasteiger charge is -2.16. The smallest absolute Gasteiger partial charge is 0.134 e. The fourth-order valence-corrected chi connectivity index (χ4v) is 4.44. The molecule has 1 aliphatic carbocycles. The minimum absolute atomic E-state index is 0.270. The highest BCUT2D eigenvalue weighted by Gasteiger charge is 2.20. The van der Waals surface area contributed by atoms with Crippen LogP contribution >= 0.6 is 23.4 Å². The van der Waals surface area contributed by atoms with Gasteiger partial charge in [0.2, 0.25) is 0 Å². The average Bonchev–Trinajstić information content (AvgIpc) is 3.08. The van der Waals surface area contributed by atoms with Gasteiger partial charge in [0.05, 0.1) is 6.04 Å². The minimum Gasteiger partial charge on any atom is -0.459 e. The van der Waals surface area contributed by atoms with E-state index in [0.717, 1.165) is 32.8 Å². The van der Waals surface area contributed by atoms with Crippen molar-refractivity contribution in [2.45, 2.75) is 37.0 Å². The average molecular weight is 310 g/mol. The van der Waals surface area contributed by atoms with Crippen LogP contribution in [0.15, 0.2) is 28.7 Å². The molecule has 0 aliphatic heterocycles. The Labute approximate surface area is 129 Å². The summed E-state index contributed by atoms with van der Waals surface area (Å²) in [5.41, 5.74) is 0.913. The Morgan fingerprint density at radius 3 is 2.90 bits per heavy atom. The molecule has 0 spiro atoms. The Balaban J connectivity index is 1.72. The summed E-state index contributed by atoms with van der Waals surface area (Å²) in [5, 5.41) is 6.05. The van der Waals surface area contributed by atoms with Gasteiger partial charge in [-0.15, -0.1) is 0 Å². The topological polar surface area (TPSA) is 25.2 Å². The van der Waals surface area contributed by atoms with Crippen molar-refractivity contribution >= 4 is 34.3 Å². The number of furan rings is 1. The van der Waals surface area contributed by atoms with Crippen LogP contribution in [0, 0.1) is 0 Å². The van der Waals surface area contributed by atoms with Crippen molar-refractivity contribution in [2.75, 3.05) is 12.8 Å². The second-order valence-corrected chi connectivity index (χ2v) is 7.18. The number of thioether (sulfide) groups is 1. The van der Waals surface area contributed by atoms with Crippen LogP contribution < -0.4 is 5.32 Å². The largest absolute Gasteiger partial charge is 0.459 e. The lowest BCUT2D eigenvalue weighted by molar-refractivity contribution is 0.479. The van der Waals surface area contributed by atoms with Crippen molar-refractivity contribution in [3.05, 3.63) is 35.0 Å². The SMILES string of the molecule is CNC(CSC1CCCC1)c1cc2cc(Cl)ccc2o1. The Morgan fingerprint density at radius 1 is 1.35 bits per heavy atom. The highest BCUT2D eigenvalue weighted by Crippen LogP contribution is 2.33. The summed E-state index contributed by atoms with van der Waals surface area (Å²) in [6.07, 6.45) is 5.53. The highest BCUT2D eigenvalue weighted by molar-refractivity contribution is 7.99. The van der Waals surface area contributed by atoms with Gasteiger partial charge in [0.1, 0.15) is 11.3 Å². The number of hydrogen-bond donors (Lipinski definition) is 1. The third-order valence-corrected chi connectivity index (χ3v) is 5.69. The molecule has 1 aromatic heterocycles. The first-order valence-corrected chi connectivity index (χ1v) is 8.67. The number of fused-ring (bicyclic) bond motifs is 1. The van der Waals surface area contributed by atoms with E-state index in [-0.39, 0.29) is 6.04 Å². The van der Waals surface area contributed by atoms with Crippen molar-refractivity contribution in [1.82, 2.24) is 5.32 Å². The Hall–Kier alpha value is -0.640. The van der Waals surface area contributed by atoms with Gasteiger partial charge >= 0.3 is 0 Å². The molecule has 1 aliphatic rings. The Morgan fingerprint density at radius 2 is 2.15 bits per heavy atom. The van der Waals surface area contributed by atoms with Gasteiger partial charge in [0, 0.05) is 21.4 Å². The molecule has 1 atom stereocenters. The zero-order valence-corrected chi connectivity index (χ0v) is 13.3. The van der Waals surface area contributed by atoms with E-state index in [2.05, 4.69) is 23.1 Å². The molecule has 1 unspecified atom stereocenters. The monoisotopic (exact) mass is 309 g/mol. The third kappa shape index (κ3) is 3.16. The van der Waals surface area contributed by atoms with Crippen molar-refractivity contribution < 1.29 is 4.42 Å². The molecule has 1 N–H and O–H groups in total. The lowest BCUT2D eigenvalue weighted by Crippen LogP contribution is -2.19. The van der Waals surface area contributed by atoms with Gasteiger partial charge in [-0.1, -0.05) is 24.4 Å². The molecule has 2 aromatic rings. The molecule has 108 valence electrons. The van der Waals surface area contributed by atoms with E-state index in [1.54, 1.807) is 0 Å². The van der Waals surface area contributed by atoms with E-state index in [4.69, 9.17) is 16.0 Å². The normalized spacial score (nSPS) is 17.9. The number of hydrogen-bond acceptors (Lipinski definition) is 3. The van der Waals surface area contributed by atoms with Crippen molar-refractivity contribution in [1.29, 1.82) is 0 Å². The predicted octanol–water partition coefficient (Wildman–Crippen LogP) is 5.02. The number of benzene rings is 1. The molecule has 0 radical (unpaired) electrons. The summed E-state index contributed by atoms with van der Waals surface area (Å²) in [7, 11) is 2.00. The van der Waals surface area contributed by atoms with Crippen LogP contribution in [0.3, 0.4) is 0 Å². The second-order valence-electron chi connectivity index (χ2n) is 5.41. The number of nitrogens with one attached hydrogen (secondary N) is 1. The van der Waals surface area contributed by atoms with Gasteiger partial charge in [0.15, 0.2) is 0 Å². The van der Waals surface area contributed by atoms with Crippen LogP contribution in [0.2, 0.25) is 5.02 Å². The maximum absolute atomic E-state index is 6.03. The van der Waals surface area contributed by atoms with Gasteiger partial charge < -0.3 is 9.73 Å². The highest BCUT2D eigenvalue weighted by atomic mass is 35.5. The van der Waals surface area contributed by atoms with E-state index in [0.29, 0.717) is 0 Å². The summed E-state index contributed by atoms with van der Waals surface area (Å²) in [6, 6.07) is 8.15. The first-order valence-electron chi connectivity index (χ1n) is 7.24. The fraction of sp³-hybridized carbons (Fsp3) is 0.500. The molecule has 4 heteroatoms. The van der Waals surface area contributed by atoms with Crippen molar-refractivity contribution in [2.24, 2.45) is 0 Å². The van der Waals surface area contributed by atoms with E-state index in [1.165, 1.54) is 25.7 Å². The van der Waals surface area contributed by atoms with Crippen LogP contribution in [-0.2, 0) is 0 Å². The van der Waals surface area contributed by atoms with E-state index < -0.39 is 0 Å². The van der Waals surface area contributed by atoms with E-state index in [1.807, 2.05) is 25.2 Å². The quantitative estimate of drug-likeness (QED) is 0.839. The van der Waals surface area contributed by atoms with Crippen LogP contribution in [0.4, 0.5) is 0 Å². The summed E-state index contributed by atoms with van der Waals surface area (Å²) < 4.78 is 5.96. The fourth-order valence-electron chi connectivity index (χ4n) is 2.80. The zero-order chi connectivity index (χ0) is 13.9. The summed E-state index contributed by atoms with van der Waals surface area (Å²) in [4.78, 5) is 0. The minimum atomic E-state index is 0.270. The lowest BCUT2D eigenvalue weighted by atomic mass is 10.2. The molecule has 2 nitrogen and oxygen atoms in total. The first kappa shape index (κ1) is 14.3. The Kier molecular flexibility index (Phi) is 4.59. The summed E-state index contributed by atoms with van der Waals surface area (Å²) >= 11 is 8.10. The van der Waals surface area contributed by atoms with Crippen molar-refractivity contribution in [3.63, 3.8) is 0 Å². The number of rotatable bonds is 5. The molecule has 1 aromatic carbocycles. The molecule has 1 saturated carbocycles. The van der Waals surface area contributed by atoms with Crippen molar-refractivity contribution in [3.8, 4) is 0 Å². The van der Waals surface area contributed by atoms with Gasteiger partial charge in [0.25, 0.3) is 0 Å². The molecule has 20 heavy (non-hydrogen) atoms. The molecule has 0 amide bonds. The van der Waals surface area contributed by atoms with Crippen LogP contribution in [-0.4, -0.2) is 18.1 Å². The standard InChI is InChI=1S/C16H20ClNOS/c1-18-14(10-20-13-4-2-3-5-13)16-9-11-8-12(17)6-7-15(11)19-16/h6-9,13-14,18H,2-5,10H2,1H3. The Bertz CT molecular complexity index is 577. The van der Waals surface area contributed by atoms with Crippen LogP contribution in [0.1, 0.15) is 37.5 Å². The maximum atomic E-state index is 6.03. The van der Waals surface area contributed by atoms with E-state index >= 15 is 0 Å². The summed E-state index contributed by atoms with van der Waals surface area (Å²) in [6.45, 7) is 0. The molecule has 1 fully saturated rings. The summed E-state index contributed by atoms with van der Waals surface area (Å²) in [5.74, 6) is 2.07. The van der Waals surface area contributed by atoms with Gasteiger partial charge in [-0.2, -0.15) is 11.8 Å². The number of halogens is 1. The molecular weight excluding hydrogens is 290 g/mol. The molecular formula is C16H20ClNOS. The van der Waals surface area contributed by atoms with Gasteiger partial charge in [-0.25, -0.2) is 0 Å². The van der Waals surface area contributed by atoms with E-state index in [9.17, 15) is 0 Å². The predicted molar refractivity (Wildman–Crippen MR) is 87.7 cm³/mol. The molecule has 0 bridgehead atoms. The molecule has 1 heterocycles. The van der Waals surface area contributed by atoms with Gasteiger partial charge in [-0.3, -0.25) is 0 Å². The van der Waals surface area contributed by atoms with Crippen LogP contribution in [0.25, 0.3) is 11.0 Å². The third-order valence-electron chi connectivity index (χ3n) is 3.99. The molecule has 3 rings (SSSR count).